The van der Waals surface area contributed by atoms with Gasteiger partial charge in [0.1, 0.15) is 5.75 Å². The quantitative estimate of drug-likeness (QED) is 0.736. The highest BCUT2D eigenvalue weighted by Gasteiger charge is 2.25. The zero-order chi connectivity index (χ0) is 19.1. The van der Waals surface area contributed by atoms with Crippen molar-refractivity contribution in [2.24, 2.45) is 5.92 Å². The fourth-order valence-electron chi connectivity index (χ4n) is 3.61. The number of piperidine rings is 1. The Morgan fingerprint density at radius 3 is 2.63 bits per heavy atom. The molecule has 1 amide bonds. The molecule has 0 saturated carbocycles. The van der Waals surface area contributed by atoms with Crippen molar-refractivity contribution in [2.45, 2.75) is 38.6 Å². The molecule has 1 unspecified atom stereocenters. The molecule has 5 heteroatoms. The number of benzene rings is 1. The van der Waals surface area contributed by atoms with Gasteiger partial charge in [0.05, 0.1) is 13.2 Å². The van der Waals surface area contributed by atoms with Crippen molar-refractivity contribution in [2.75, 3.05) is 26.7 Å². The molecule has 1 aliphatic heterocycles. The van der Waals surface area contributed by atoms with Crippen molar-refractivity contribution in [1.82, 2.24) is 10.2 Å². The van der Waals surface area contributed by atoms with Crippen molar-refractivity contribution in [3.05, 3.63) is 52.2 Å². The Hall–Kier alpha value is -1.85. The fraction of sp³-hybridized carbons (Fsp3) is 0.500. The maximum absolute atomic E-state index is 12.4. The number of hydrogen-bond donors (Lipinski definition) is 1. The van der Waals surface area contributed by atoms with Gasteiger partial charge in [0.25, 0.3) is 0 Å². The molecule has 2 heterocycles. The fourth-order valence-corrected chi connectivity index (χ4v) is 4.32. The third-order valence-electron chi connectivity index (χ3n) is 5.43. The van der Waals surface area contributed by atoms with Crippen LogP contribution in [0.3, 0.4) is 0 Å². The number of nitrogens with zero attached hydrogens (tertiary/aromatic N) is 1. The lowest BCUT2D eigenvalue weighted by Crippen LogP contribution is -2.42. The number of ether oxygens (including phenoxy) is 1. The van der Waals surface area contributed by atoms with Gasteiger partial charge in [-0.1, -0.05) is 25.1 Å². The Balaban J connectivity index is 1.61. The molecule has 0 radical (unpaired) electrons. The summed E-state index contributed by atoms with van der Waals surface area (Å²) >= 11 is 1.71. The number of aryl methyl sites for hydroxylation is 1. The molecule has 4 nitrogen and oxygen atoms in total. The second-order valence-electron chi connectivity index (χ2n) is 7.39. The van der Waals surface area contributed by atoms with Gasteiger partial charge in [0.15, 0.2) is 0 Å². The molecule has 1 aromatic carbocycles. The molecule has 1 saturated heterocycles. The number of nitrogens with one attached hydrogen (secondary N) is 1. The van der Waals surface area contributed by atoms with Crippen LogP contribution in [0.25, 0.3) is 0 Å². The molecule has 1 aliphatic rings. The number of carbonyl (C=O) groups excluding carboxylic acids is 1. The zero-order valence-corrected chi connectivity index (χ0v) is 17.1. The van der Waals surface area contributed by atoms with E-state index in [9.17, 15) is 4.79 Å². The van der Waals surface area contributed by atoms with E-state index in [0.717, 1.165) is 31.2 Å². The van der Waals surface area contributed by atoms with E-state index < -0.39 is 0 Å². The van der Waals surface area contributed by atoms with Crippen LogP contribution < -0.4 is 10.1 Å². The van der Waals surface area contributed by atoms with Crippen LogP contribution in [0.15, 0.2) is 41.8 Å². The van der Waals surface area contributed by atoms with E-state index in [0.29, 0.717) is 13.0 Å². The molecule has 1 fully saturated rings. The summed E-state index contributed by atoms with van der Waals surface area (Å²) in [6.07, 6.45) is 3.81. The summed E-state index contributed by atoms with van der Waals surface area (Å²) in [6, 6.07) is 12.6. The SMILES string of the molecule is COc1ccc(C(CNC(=O)CCc2cccs2)N2CCC(C)CC2)cc1. The minimum atomic E-state index is 0.132. The molecule has 1 N–H and O–H groups in total. The third kappa shape index (κ3) is 5.81. The number of carbonyl (C=O) groups is 1. The molecule has 0 aliphatic carbocycles. The minimum Gasteiger partial charge on any atom is -0.497 e. The van der Waals surface area contributed by atoms with Gasteiger partial charge >= 0.3 is 0 Å². The average molecular weight is 387 g/mol. The van der Waals surface area contributed by atoms with Crippen molar-refractivity contribution in [3.63, 3.8) is 0 Å². The summed E-state index contributed by atoms with van der Waals surface area (Å²) < 4.78 is 5.29. The van der Waals surface area contributed by atoms with Gasteiger partial charge in [-0.15, -0.1) is 11.3 Å². The van der Waals surface area contributed by atoms with Crippen molar-refractivity contribution in [3.8, 4) is 5.75 Å². The Morgan fingerprint density at radius 2 is 2.00 bits per heavy atom. The van der Waals surface area contributed by atoms with Gasteiger partial charge in [-0.25, -0.2) is 0 Å². The van der Waals surface area contributed by atoms with Crippen LogP contribution in [0.5, 0.6) is 5.75 Å². The largest absolute Gasteiger partial charge is 0.497 e. The first-order chi connectivity index (χ1) is 13.2. The number of methoxy groups -OCH3 is 1. The van der Waals surface area contributed by atoms with Crippen LogP contribution in [0.1, 0.15) is 42.7 Å². The summed E-state index contributed by atoms with van der Waals surface area (Å²) in [5, 5.41) is 5.23. The molecule has 1 aromatic heterocycles. The number of likely N-dealkylation sites (tertiary alicyclic amines) is 1. The van der Waals surface area contributed by atoms with Gasteiger partial charge in [-0.2, -0.15) is 0 Å². The van der Waals surface area contributed by atoms with Crippen LogP contribution in [0, 0.1) is 5.92 Å². The van der Waals surface area contributed by atoms with E-state index in [1.807, 2.05) is 18.2 Å². The molecule has 2 aromatic rings. The summed E-state index contributed by atoms with van der Waals surface area (Å²) in [5.74, 6) is 1.79. The monoisotopic (exact) mass is 386 g/mol. The second kappa shape index (κ2) is 9.90. The Bertz CT molecular complexity index is 692. The highest BCUT2D eigenvalue weighted by atomic mass is 32.1. The van der Waals surface area contributed by atoms with Crippen LogP contribution in [0.2, 0.25) is 0 Å². The molecular weight excluding hydrogens is 356 g/mol. The molecule has 3 rings (SSSR count). The number of amides is 1. The van der Waals surface area contributed by atoms with Gasteiger partial charge in [0, 0.05) is 17.8 Å². The molecule has 27 heavy (non-hydrogen) atoms. The Labute approximate surface area is 166 Å². The van der Waals surface area contributed by atoms with Crippen LogP contribution >= 0.6 is 11.3 Å². The normalized spacial score (nSPS) is 16.8. The first-order valence-electron chi connectivity index (χ1n) is 9.83. The first kappa shape index (κ1) is 19.9. The van der Waals surface area contributed by atoms with E-state index in [1.54, 1.807) is 18.4 Å². The molecule has 146 valence electrons. The maximum Gasteiger partial charge on any atom is 0.220 e. The predicted octanol–water partition coefficient (Wildman–Crippen LogP) is 4.28. The first-order valence-corrected chi connectivity index (χ1v) is 10.7. The zero-order valence-electron chi connectivity index (χ0n) is 16.3. The number of rotatable bonds is 8. The summed E-state index contributed by atoms with van der Waals surface area (Å²) in [5.41, 5.74) is 1.24. The lowest BCUT2D eigenvalue weighted by molar-refractivity contribution is -0.121. The van der Waals surface area contributed by atoms with Gasteiger partial charge in [-0.3, -0.25) is 9.69 Å². The van der Waals surface area contributed by atoms with Gasteiger partial charge in [-0.05, 0) is 67.4 Å². The molecular formula is C22H30N2O2S. The van der Waals surface area contributed by atoms with Crippen molar-refractivity contribution in [1.29, 1.82) is 0 Å². The van der Waals surface area contributed by atoms with E-state index in [-0.39, 0.29) is 11.9 Å². The standard InChI is InChI=1S/C22H30N2O2S/c1-17-11-13-24(14-12-17)21(18-5-7-19(26-2)8-6-18)16-23-22(25)10-9-20-4-3-15-27-20/h3-8,15,17,21H,9-14,16H2,1-2H3,(H,23,25). The lowest BCUT2D eigenvalue weighted by atomic mass is 9.95. The Kier molecular flexibility index (Phi) is 7.30. The molecule has 1 atom stereocenters. The second-order valence-corrected chi connectivity index (χ2v) is 8.42. The van der Waals surface area contributed by atoms with E-state index >= 15 is 0 Å². The smallest absolute Gasteiger partial charge is 0.220 e. The molecule has 0 bridgehead atoms. The lowest BCUT2D eigenvalue weighted by Gasteiger charge is -2.37. The van der Waals surface area contributed by atoms with Crippen LogP contribution in [0.4, 0.5) is 0 Å². The van der Waals surface area contributed by atoms with Gasteiger partial charge in [0.2, 0.25) is 5.91 Å². The topological polar surface area (TPSA) is 41.6 Å². The highest BCUT2D eigenvalue weighted by Crippen LogP contribution is 2.27. The number of thiophene rings is 1. The van der Waals surface area contributed by atoms with Crippen molar-refractivity contribution >= 4 is 17.2 Å². The predicted molar refractivity (Wildman–Crippen MR) is 111 cm³/mol. The van der Waals surface area contributed by atoms with Crippen LogP contribution in [-0.2, 0) is 11.2 Å². The van der Waals surface area contributed by atoms with Crippen molar-refractivity contribution < 1.29 is 9.53 Å². The van der Waals surface area contributed by atoms with E-state index in [4.69, 9.17) is 4.74 Å². The minimum absolute atomic E-state index is 0.132. The maximum atomic E-state index is 12.4. The number of hydrogen-bond acceptors (Lipinski definition) is 4. The summed E-state index contributed by atoms with van der Waals surface area (Å²) in [4.78, 5) is 16.1. The summed E-state index contributed by atoms with van der Waals surface area (Å²) in [7, 11) is 1.69. The van der Waals surface area contributed by atoms with Gasteiger partial charge < -0.3 is 10.1 Å². The summed E-state index contributed by atoms with van der Waals surface area (Å²) in [6.45, 7) is 5.15. The Morgan fingerprint density at radius 1 is 1.26 bits per heavy atom. The highest BCUT2D eigenvalue weighted by molar-refractivity contribution is 7.09. The van der Waals surface area contributed by atoms with E-state index in [2.05, 4.69) is 40.7 Å². The van der Waals surface area contributed by atoms with Crippen LogP contribution in [-0.4, -0.2) is 37.6 Å². The van der Waals surface area contributed by atoms with E-state index in [1.165, 1.54) is 23.3 Å². The average Bonchev–Trinajstić information content (AvgIpc) is 3.22. The molecule has 0 spiro atoms. The third-order valence-corrected chi connectivity index (χ3v) is 6.37.